The van der Waals surface area contributed by atoms with Crippen molar-refractivity contribution < 1.29 is 14.3 Å². The van der Waals surface area contributed by atoms with Crippen molar-refractivity contribution in [3.05, 3.63) is 42.5 Å². The second-order valence-corrected chi connectivity index (χ2v) is 4.84. The van der Waals surface area contributed by atoms with E-state index in [9.17, 15) is 9.59 Å². The zero-order chi connectivity index (χ0) is 12.5. The number of ether oxygens (including phenoxy) is 1. The summed E-state index contributed by atoms with van der Waals surface area (Å²) in [7, 11) is 0. The molecule has 1 atom stereocenters. The van der Waals surface area contributed by atoms with Gasteiger partial charge in [0, 0.05) is 11.8 Å². The third-order valence-corrected chi connectivity index (χ3v) is 3.35. The van der Waals surface area contributed by atoms with Crippen molar-refractivity contribution in [1.29, 1.82) is 0 Å². The predicted octanol–water partition coefficient (Wildman–Crippen LogP) is 2.53. The second-order valence-electron chi connectivity index (χ2n) is 3.86. The number of hydrogen-bond donors (Lipinski definition) is 1. The largest absolute Gasteiger partial charge is 0.462 e. The molecule has 0 bridgehead atoms. The smallest absolute Gasteiger partial charge is 0.290 e. The Balaban J connectivity index is 1.87. The average Bonchev–Trinajstić information content (AvgIpc) is 2.68. The molecule has 1 amide bonds. The van der Waals surface area contributed by atoms with Crippen LogP contribution in [-0.4, -0.2) is 16.6 Å². The molecule has 1 heterocycles. The van der Waals surface area contributed by atoms with Crippen LogP contribution in [0.3, 0.4) is 0 Å². The summed E-state index contributed by atoms with van der Waals surface area (Å²) in [5.41, 5.74) is 0. The SMILES string of the molecule is O=C1NC(Oc2ccc3ccccc3c2)C(=O)S1. The summed E-state index contributed by atoms with van der Waals surface area (Å²) in [4.78, 5) is 22.4. The van der Waals surface area contributed by atoms with Crippen LogP contribution in [0.5, 0.6) is 5.75 Å². The second kappa shape index (κ2) is 4.34. The first kappa shape index (κ1) is 11.1. The van der Waals surface area contributed by atoms with E-state index < -0.39 is 6.23 Å². The van der Waals surface area contributed by atoms with Gasteiger partial charge in [-0.15, -0.1) is 0 Å². The lowest BCUT2D eigenvalue weighted by Gasteiger charge is -2.11. The summed E-state index contributed by atoms with van der Waals surface area (Å²) >= 11 is 0.637. The maximum Gasteiger partial charge on any atom is 0.290 e. The fourth-order valence-electron chi connectivity index (χ4n) is 1.79. The number of amides is 1. The molecule has 0 aromatic heterocycles. The van der Waals surface area contributed by atoms with Crippen molar-refractivity contribution in [2.24, 2.45) is 0 Å². The molecular formula is C13H9NO3S. The van der Waals surface area contributed by atoms with Crippen molar-refractivity contribution in [3.63, 3.8) is 0 Å². The highest BCUT2D eigenvalue weighted by Gasteiger charge is 2.33. The Bertz CT molecular complexity index is 641. The number of rotatable bonds is 2. The summed E-state index contributed by atoms with van der Waals surface area (Å²) in [5, 5.41) is 3.90. The molecule has 18 heavy (non-hydrogen) atoms. The number of hydrogen-bond acceptors (Lipinski definition) is 4. The number of benzene rings is 2. The number of nitrogens with one attached hydrogen (secondary N) is 1. The van der Waals surface area contributed by atoms with Gasteiger partial charge in [0.2, 0.25) is 6.23 Å². The minimum Gasteiger partial charge on any atom is -0.462 e. The van der Waals surface area contributed by atoms with Crippen LogP contribution in [0.25, 0.3) is 10.8 Å². The third kappa shape index (κ3) is 2.04. The molecule has 1 fully saturated rings. The lowest BCUT2D eigenvalue weighted by Crippen LogP contribution is -2.34. The van der Waals surface area contributed by atoms with Gasteiger partial charge < -0.3 is 10.1 Å². The van der Waals surface area contributed by atoms with Crippen molar-refractivity contribution in [3.8, 4) is 5.75 Å². The first-order valence-electron chi connectivity index (χ1n) is 5.40. The molecular weight excluding hydrogens is 250 g/mol. The van der Waals surface area contributed by atoms with Crippen molar-refractivity contribution in [2.45, 2.75) is 6.23 Å². The van der Waals surface area contributed by atoms with E-state index in [0.29, 0.717) is 17.5 Å². The summed E-state index contributed by atoms with van der Waals surface area (Å²) in [5.74, 6) is 0.565. The number of carbonyl (C=O) groups is 2. The van der Waals surface area contributed by atoms with E-state index in [-0.39, 0.29) is 10.4 Å². The van der Waals surface area contributed by atoms with Gasteiger partial charge in [0.1, 0.15) is 5.75 Å². The van der Waals surface area contributed by atoms with Crippen LogP contribution < -0.4 is 10.1 Å². The minimum atomic E-state index is -0.885. The lowest BCUT2D eigenvalue weighted by molar-refractivity contribution is -0.117. The van der Waals surface area contributed by atoms with Crippen molar-refractivity contribution in [2.75, 3.05) is 0 Å². The normalized spacial score (nSPS) is 19.0. The van der Waals surface area contributed by atoms with Crippen molar-refractivity contribution in [1.82, 2.24) is 5.32 Å². The van der Waals surface area contributed by atoms with Gasteiger partial charge in [0.15, 0.2) is 0 Å². The molecule has 2 aromatic rings. The Hall–Kier alpha value is -2.01. The highest BCUT2D eigenvalue weighted by molar-refractivity contribution is 8.26. The number of carbonyl (C=O) groups excluding carboxylic acids is 2. The fourth-order valence-corrected chi connectivity index (χ4v) is 2.36. The van der Waals surface area contributed by atoms with Crippen LogP contribution in [0.1, 0.15) is 0 Å². The van der Waals surface area contributed by atoms with Gasteiger partial charge in [0.25, 0.3) is 10.4 Å². The molecule has 5 heteroatoms. The monoisotopic (exact) mass is 259 g/mol. The number of thioether (sulfide) groups is 1. The van der Waals surface area contributed by atoms with Crippen LogP contribution in [0, 0.1) is 0 Å². The summed E-state index contributed by atoms with van der Waals surface area (Å²) in [6.07, 6.45) is -0.885. The van der Waals surface area contributed by atoms with Gasteiger partial charge in [-0.2, -0.15) is 0 Å². The zero-order valence-electron chi connectivity index (χ0n) is 9.25. The Labute approximate surface area is 107 Å². The molecule has 1 unspecified atom stereocenters. The van der Waals surface area contributed by atoms with Crippen molar-refractivity contribution >= 4 is 32.9 Å². The van der Waals surface area contributed by atoms with E-state index in [4.69, 9.17) is 4.74 Å². The molecule has 1 aliphatic heterocycles. The molecule has 1 aliphatic rings. The topological polar surface area (TPSA) is 55.4 Å². The maximum absolute atomic E-state index is 11.4. The van der Waals surface area contributed by atoms with E-state index in [1.54, 1.807) is 6.07 Å². The van der Waals surface area contributed by atoms with Crippen LogP contribution >= 0.6 is 11.8 Å². The molecule has 90 valence electrons. The van der Waals surface area contributed by atoms with Gasteiger partial charge in [0.05, 0.1) is 0 Å². The Morgan fingerprint density at radius 1 is 1.06 bits per heavy atom. The molecule has 0 saturated carbocycles. The fraction of sp³-hybridized carbons (Fsp3) is 0.0769. The Morgan fingerprint density at radius 3 is 2.56 bits per heavy atom. The summed E-state index contributed by atoms with van der Waals surface area (Å²) in [6.45, 7) is 0. The quantitative estimate of drug-likeness (QED) is 0.900. The van der Waals surface area contributed by atoms with E-state index in [0.717, 1.165) is 10.8 Å². The van der Waals surface area contributed by atoms with Crippen LogP contribution in [-0.2, 0) is 4.79 Å². The first-order valence-corrected chi connectivity index (χ1v) is 6.22. The first-order chi connectivity index (χ1) is 8.72. The van der Waals surface area contributed by atoms with E-state index in [1.807, 2.05) is 36.4 Å². The third-order valence-electron chi connectivity index (χ3n) is 2.63. The molecule has 2 aromatic carbocycles. The average molecular weight is 259 g/mol. The van der Waals surface area contributed by atoms with Gasteiger partial charge in [-0.05, 0) is 22.9 Å². The zero-order valence-corrected chi connectivity index (χ0v) is 10.1. The number of fused-ring (bicyclic) bond motifs is 1. The van der Waals surface area contributed by atoms with Crippen LogP contribution in [0.4, 0.5) is 4.79 Å². The molecule has 0 aliphatic carbocycles. The van der Waals surface area contributed by atoms with E-state index >= 15 is 0 Å². The molecule has 4 nitrogen and oxygen atoms in total. The molecule has 1 N–H and O–H groups in total. The standard InChI is InChI=1S/C13H9NO3S/c15-12-11(14-13(16)18-12)17-10-6-5-8-3-1-2-4-9(8)7-10/h1-7,11H,(H,14,16). The molecule has 0 spiro atoms. The molecule has 0 radical (unpaired) electrons. The van der Waals surface area contributed by atoms with Gasteiger partial charge in [-0.3, -0.25) is 9.59 Å². The molecule has 1 saturated heterocycles. The Kier molecular flexibility index (Phi) is 2.68. The maximum atomic E-state index is 11.4. The molecule has 3 rings (SSSR count). The summed E-state index contributed by atoms with van der Waals surface area (Å²) in [6, 6.07) is 13.4. The minimum absolute atomic E-state index is 0.312. The van der Waals surface area contributed by atoms with Crippen LogP contribution in [0.2, 0.25) is 0 Å². The Morgan fingerprint density at radius 2 is 1.83 bits per heavy atom. The lowest BCUT2D eigenvalue weighted by atomic mass is 10.1. The highest BCUT2D eigenvalue weighted by atomic mass is 32.2. The summed E-state index contributed by atoms with van der Waals surface area (Å²) < 4.78 is 5.46. The predicted molar refractivity (Wildman–Crippen MR) is 69.5 cm³/mol. The van der Waals surface area contributed by atoms with Gasteiger partial charge in [-0.1, -0.05) is 30.3 Å². The van der Waals surface area contributed by atoms with Gasteiger partial charge >= 0.3 is 0 Å². The van der Waals surface area contributed by atoms with Gasteiger partial charge in [-0.25, -0.2) is 0 Å². The van der Waals surface area contributed by atoms with Crippen LogP contribution in [0.15, 0.2) is 42.5 Å². The van der Waals surface area contributed by atoms with E-state index in [1.165, 1.54) is 0 Å². The highest BCUT2D eigenvalue weighted by Crippen LogP contribution is 2.24. The van der Waals surface area contributed by atoms with E-state index in [2.05, 4.69) is 5.32 Å².